The van der Waals surface area contributed by atoms with Gasteiger partial charge in [0.25, 0.3) is 0 Å². The van der Waals surface area contributed by atoms with Crippen LogP contribution in [0.4, 0.5) is 0 Å². The van der Waals surface area contributed by atoms with E-state index in [1.165, 1.54) is 245 Å². The fourth-order valence-electron chi connectivity index (χ4n) is 6.87. The molecule has 0 N–H and O–H groups in total. The quantitative estimate of drug-likeness (QED) is 0.0631. The van der Waals surface area contributed by atoms with Crippen molar-refractivity contribution in [2.45, 2.75) is 233 Å². The third-order valence-electron chi connectivity index (χ3n) is 10.0. The first-order valence-electron chi connectivity index (χ1n) is 21.2. The number of nitrogens with zero attached hydrogens (tertiary/aromatic N) is 2. The third kappa shape index (κ3) is 34.8. The highest BCUT2D eigenvalue weighted by molar-refractivity contribution is 4.63. The number of hydrogen-bond donors (Lipinski definition) is 0. The van der Waals surface area contributed by atoms with Gasteiger partial charge in [0.15, 0.2) is 0 Å². The van der Waals surface area contributed by atoms with Gasteiger partial charge in [0.1, 0.15) is 0 Å². The van der Waals surface area contributed by atoms with Gasteiger partial charge in [-0.2, -0.15) is 0 Å². The van der Waals surface area contributed by atoms with Gasteiger partial charge in [-0.1, -0.05) is 195 Å². The monoisotopic (exact) mass is 621 g/mol. The summed E-state index contributed by atoms with van der Waals surface area (Å²) in [5.74, 6) is 0. The molecule has 0 aliphatic heterocycles. The van der Waals surface area contributed by atoms with E-state index < -0.39 is 0 Å². The highest BCUT2D eigenvalue weighted by atomic mass is 15.1. The Balaban J connectivity index is 4.31. The lowest BCUT2D eigenvalue weighted by atomic mass is 10.1. The van der Waals surface area contributed by atoms with Crippen molar-refractivity contribution < 1.29 is 0 Å². The average molecular weight is 621 g/mol. The van der Waals surface area contributed by atoms with Gasteiger partial charge in [-0.15, -0.1) is 0 Å². The molecule has 0 spiro atoms. The molecule has 0 rings (SSSR count). The minimum atomic E-state index is 1.35. The molecular weight excluding hydrogens is 532 g/mol. The molecule has 2 nitrogen and oxygen atoms in total. The van der Waals surface area contributed by atoms with Crippen molar-refractivity contribution in [2.75, 3.05) is 39.3 Å². The summed E-state index contributed by atoms with van der Waals surface area (Å²) in [4.78, 5) is 5.71. The van der Waals surface area contributed by atoms with Gasteiger partial charge in [-0.3, -0.25) is 0 Å². The molecule has 0 atom stereocenters. The first-order valence-corrected chi connectivity index (χ1v) is 21.2. The molecular formula is C42H88N2. The first-order chi connectivity index (χ1) is 21.8. The number of hydrogen-bond acceptors (Lipinski definition) is 2. The molecule has 266 valence electrons. The summed E-state index contributed by atoms with van der Waals surface area (Å²) in [5.41, 5.74) is 0. The Morgan fingerprint density at radius 1 is 0.182 bits per heavy atom. The van der Waals surface area contributed by atoms with E-state index in [4.69, 9.17) is 0 Å². The topological polar surface area (TPSA) is 6.48 Å². The SMILES string of the molecule is CCCCCCCCCN(CCCCCCCCC)CCCCCCN(CCCCCCCCC)CCCCCCCCC. The predicted octanol–water partition coefficient (Wildman–Crippen LogP) is 14.2. The van der Waals surface area contributed by atoms with Crippen molar-refractivity contribution in [2.24, 2.45) is 0 Å². The largest absolute Gasteiger partial charge is 0.303 e. The summed E-state index contributed by atoms with van der Waals surface area (Å²) < 4.78 is 0. The molecule has 0 aromatic rings. The first kappa shape index (κ1) is 43.9. The summed E-state index contributed by atoms with van der Waals surface area (Å²) in [6.07, 6.45) is 45.9. The second kappa shape index (κ2) is 39.1. The van der Waals surface area contributed by atoms with Crippen LogP contribution in [0.3, 0.4) is 0 Å². The Labute approximate surface area is 281 Å². The van der Waals surface area contributed by atoms with E-state index in [0.717, 1.165) is 0 Å². The third-order valence-corrected chi connectivity index (χ3v) is 10.0. The van der Waals surface area contributed by atoms with E-state index >= 15 is 0 Å². The van der Waals surface area contributed by atoms with Gasteiger partial charge in [0, 0.05) is 0 Å². The lowest BCUT2D eigenvalue weighted by Gasteiger charge is -2.23. The average Bonchev–Trinajstić information content (AvgIpc) is 3.03. The van der Waals surface area contributed by atoms with Crippen molar-refractivity contribution in [3.8, 4) is 0 Å². The summed E-state index contributed by atoms with van der Waals surface area (Å²) in [7, 11) is 0. The van der Waals surface area contributed by atoms with Crippen molar-refractivity contribution in [3.05, 3.63) is 0 Å². The van der Waals surface area contributed by atoms with E-state index in [0.29, 0.717) is 0 Å². The van der Waals surface area contributed by atoms with Crippen LogP contribution in [0.2, 0.25) is 0 Å². The normalized spacial score (nSPS) is 11.9. The number of unbranched alkanes of at least 4 members (excludes halogenated alkanes) is 27. The zero-order valence-electron chi connectivity index (χ0n) is 31.8. The molecule has 0 aromatic heterocycles. The molecule has 0 radical (unpaired) electrons. The molecule has 0 bridgehead atoms. The van der Waals surface area contributed by atoms with Gasteiger partial charge in [0.2, 0.25) is 0 Å². The van der Waals surface area contributed by atoms with Gasteiger partial charge >= 0.3 is 0 Å². The summed E-state index contributed by atoms with van der Waals surface area (Å²) in [6, 6.07) is 0. The maximum atomic E-state index is 2.85. The van der Waals surface area contributed by atoms with Crippen LogP contribution in [0.15, 0.2) is 0 Å². The van der Waals surface area contributed by atoms with Gasteiger partial charge in [0.05, 0.1) is 0 Å². The van der Waals surface area contributed by atoms with E-state index in [9.17, 15) is 0 Å². The Bertz CT molecular complexity index is 412. The smallest absolute Gasteiger partial charge is 0.00187 e. The zero-order valence-corrected chi connectivity index (χ0v) is 31.8. The van der Waals surface area contributed by atoms with Gasteiger partial charge < -0.3 is 9.80 Å². The van der Waals surface area contributed by atoms with E-state index in [1.54, 1.807) is 0 Å². The Kier molecular flexibility index (Phi) is 39.0. The fraction of sp³-hybridized carbons (Fsp3) is 1.00. The molecule has 0 saturated carbocycles. The Morgan fingerprint density at radius 3 is 0.477 bits per heavy atom. The van der Waals surface area contributed by atoms with Crippen LogP contribution < -0.4 is 0 Å². The van der Waals surface area contributed by atoms with E-state index in [1.807, 2.05) is 0 Å². The molecule has 0 aliphatic rings. The minimum Gasteiger partial charge on any atom is -0.303 e. The summed E-state index contributed by atoms with van der Waals surface area (Å²) in [6.45, 7) is 17.4. The van der Waals surface area contributed by atoms with E-state index in [2.05, 4.69) is 37.5 Å². The predicted molar refractivity (Wildman–Crippen MR) is 203 cm³/mol. The zero-order chi connectivity index (χ0) is 32.0. The van der Waals surface area contributed by atoms with E-state index in [-0.39, 0.29) is 0 Å². The van der Waals surface area contributed by atoms with Gasteiger partial charge in [-0.25, -0.2) is 0 Å². The lowest BCUT2D eigenvalue weighted by molar-refractivity contribution is 0.244. The minimum absolute atomic E-state index is 1.35. The van der Waals surface area contributed by atoms with Crippen LogP contribution in [0.5, 0.6) is 0 Å². The van der Waals surface area contributed by atoms with Crippen LogP contribution >= 0.6 is 0 Å². The highest BCUT2D eigenvalue weighted by Gasteiger charge is 2.07. The maximum Gasteiger partial charge on any atom is -0.00187 e. The standard InChI is InChI=1S/C42H88N2/c1-5-9-13-17-21-25-31-37-43(38-32-26-22-18-14-10-6-2)41-35-29-30-36-42-44(39-33-27-23-19-15-11-7-3)40-34-28-24-20-16-12-8-4/h5-42H2,1-4H3. The van der Waals surface area contributed by atoms with Gasteiger partial charge in [-0.05, 0) is 77.8 Å². The highest BCUT2D eigenvalue weighted by Crippen LogP contribution is 2.14. The lowest BCUT2D eigenvalue weighted by Crippen LogP contribution is -2.28. The summed E-state index contributed by atoms with van der Waals surface area (Å²) >= 11 is 0. The van der Waals surface area contributed by atoms with Crippen molar-refractivity contribution in [1.29, 1.82) is 0 Å². The van der Waals surface area contributed by atoms with Crippen LogP contribution in [0, 0.1) is 0 Å². The molecule has 0 aliphatic carbocycles. The summed E-state index contributed by atoms with van der Waals surface area (Å²) in [5, 5.41) is 0. The molecule has 0 unspecified atom stereocenters. The molecule has 0 saturated heterocycles. The molecule has 0 aromatic carbocycles. The Morgan fingerprint density at radius 2 is 0.318 bits per heavy atom. The maximum absolute atomic E-state index is 2.85. The fourth-order valence-corrected chi connectivity index (χ4v) is 6.87. The second-order valence-electron chi connectivity index (χ2n) is 14.6. The second-order valence-corrected chi connectivity index (χ2v) is 14.6. The molecule has 44 heavy (non-hydrogen) atoms. The molecule has 0 amide bonds. The van der Waals surface area contributed by atoms with Crippen LogP contribution in [0.25, 0.3) is 0 Å². The van der Waals surface area contributed by atoms with Crippen LogP contribution in [-0.4, -0.2) is 49.1 Å². The van der Waals surface area contributed by atoms with Crippen LogP contribution in [0.1, 0.15) is 233 Å². The molecule has 0 fully saturated rings. The molecule has 0 heterocycles. The van der Waals surface area contributed by atoms with Crippen molar-refractivity contribution in [1.82, 2.24) is 9.80 Å². The van der Waals surface area contributed by atoms with Crippen molar-refractivity contribution in [3.63, 3.8) is 0 Å². The number of rotatable bonds is 39. The molecule has 2 heteroatoms. The Hall–Kier alpha value is -0.0800. The van der Waals surface area contributed by atoms with Crippen molar-refractivity contribution >= 4 is 0 Å². The van der Waals surface area contributed by atoms with Crippen LogP contribution in [-0.2, 0) is 0 Å².